The fourth-order valence-corrected chi connectivity index (χ4v) is 19.9. The Balaban J connectivity index is 0.000000126. The van der Waals surface area contributed by atoms with Crippen LogP contribution in [-0.2, 0) is 57.4 Å². The lowest BCUT2D eigenvalue weighted by molar-refractivity contribution is 0.00912. The van der Waals surface area contributed by atoms with Crippen molar-refractivity contribution >= 4 is 56.4 Å². The van der Waals surface area contributed by atoms with Gasteiger partial charge in [0.15, 0.2) is 46.3 Å². The monoisotopic (exact) mass is 1570 g/mol. The van der Waals surface area contributed by atoms with E-state index in [1.165, 1.54) is 24.3 Å². The third-order valence-corrected chi connectivity index (χ3v) is 25.9. The van der Waals surface area contributed by atoms with Gasteiger partial charge in [-0.1, -0.05) is 94.9 Å². The van der Waals surface area contributed by atoms with Crippen molar-refractivity contribution in [2.75, 3.05) is 45.8 Å². The highest BCUT2D eigenvalue weighted by Gasteiger charge is 2.55. The second-order valence-corrected chi connectivity index (χ2v) is 34.0. The van der Waals surface area contributed by atoms with Crippen LogP contribution in [-0.4, -0.2) is 65.4 Å². The van der Waals surface area contributed by atoms with Crippen LogP contribution >= 0.6 is 46.4 Å². The van der Waals surface area contributed by atoms with Gasteiger partial charge in [-0.05, 0) is 240 Å². The maximum absolute atomic E-state index is 15.1. The minimum absolute atomic E-state index is 0.00734. The lowest BCUT2D eigenvalue weighted by Crippen LogP contribution is -2.50. The number of rotatable bonds is 12. The number of aliphatic hydroxyl groups is 1. The van der Waals surface area contributed by atoms with Crippen LogP contribution in [0.15, 0.2) is 146 Å². The summed E-state index contributed by atoms with van der Waals surface area (Å²) in [7, 11) is -3.28. The highest BCUT2D eigenvalue weighted by atomic mass is 35.5. The van der Waals surface area contributed by atoms with E-state index < -0.39 is 78.5 Å². The molecule has 0 unspecified atom stereocenters. The first-order valence-electron chi connectivity index (χ1n) is 36.4. The molecule has 4 aliphatic heterocycles. The van der Waals surface area contributed by atoms with Gasteiger partial charge in [0.2, 0.25) is 10.0 Å². The number of hydrogen-bond acceptors (Lipinski definition) is 9. The van der Waals surface area contributed by atoms with Gasteiger partial charge in [-0.25, -0.2) is 48.3 Å². The summed E-state index contributed by atoms with van der Waals surface area (Å²) in [5, 5.41) is 22.0. The Kier molecular flexibility index (Phi) is 23.7. The van der Waals surface area contributed by atoms with Crippen LogP contribution in [0.4, 0.5) is 35.1 Å². The molecule has 0 radical (unpaired) electrons. The summed E-state index contributed by atoms with van der Waals surface area (Å²) in [4.78, 5) is 0. The number of nitrogens with one attached hydrogen (secondary N) is 1. The molecule has 16 rings (SSSR count). The number of sulfonamides is 1. The minimum atomic E-state index is -3.28. The van der Waals surface area contributed by atoms with Crippen molar-refractivity contribution in [2.24, 2.45) is 47.2 Å². The van der Waals surface area contributed by atoms with Gasteiger partial charge in [-0.3, -0.25) is 0 Å². The summed E-state index contributed by atoms with van der Waals surface area (Å²) >= 11 is 24.0. The van der Waals surface area contributed by atoms with E-state index in [0.29, 0.717) is 158 Å². The molecular formula is C84H83Cl4F8N3O7S. The summed E-state index contributed by atoms with van der Waals surface area (Å²) in [6.07, 6.45) is 11.2. The molecule has 23 heteroatoms. The first-order valence-corrected chi connectivity index (χ1v) is 39.8. The van der Waals surface area contributed by atoms with E-state index in [9.17, 15) is 49.5 Å². The number of nitrogens with two attached hydrogens (primary N) is 1. The molecule has 8 aliphatic rings. The number of nitriles is 1. The number of ether oxygens (including phenoxy) is 4. The first kappa shape index (κ1) is 78.0. The van der Waals surface area contributed by atoms with E-state index >= 15 is 4.39 Å². The fraction of sp³-hybridized carbons (Fsp3) is 0.417. The number of halogens is 12. The second-order valence-electron chi connectivity index (χ2n) is 30.5. The topological polar surface area (TPSA) is 153 Å². The number of hydrogen-bond donors (Lipinski definition) is 3. The van der Waals surface area contributed by atoms with E-state index in [2.05, 4.69) is 10.8 Å². The Morgan fingerprint density at radius 1 is 0.430 bits per heavy atom. The molecule has 4 saturated carbocycles. The third kappa shape index (κ3) is 16.3. The number of fused-ring (bicyclic) bond motifs is 12. The van der Waals surface area contributed by atoms with Crippen molar-refractivity contribution in [2.45, 2.75) is 130 Å². The van der Waals surface area contributed by atoms with Crippen molar-refractivity contribution < 1.29 is 67.6 Å². The molecule has 8 aromatic rings. The standard InChI is InChI=1S/C22H24ClF2NO3S.C21H22ClF2NO.C21H18ClF2NO.C20H19ClF2O2/c1-30(27,28)26-12-15-8-9-22(11-14-2-4-17(23)5-3-14)16(10-15)13-29-21-19(25)7-6-18(24)20(21)22;2*22-16-3-1-13(2-4-16)10-21-8-7-14(11-25)9-15(21)12-26-20-18(24)6-5-17(23)19(20)21;21-14-3-1-12(2-4-14)10-20-8-7-15(24)9-13(20)11-25-19-17(23)6-5-16(22)18(19)20/h2-7,15-16,26H,8-13H2,1H3;1-6,14-15H,7-12,25H2;1-6,14-15H,7-10,12H2;1-6,13,15,24H,7-11H2/t15-,16-,22+;2*14-,15-,21+;13-,15+,20+/m1111/s1. The molecule has 566 valence electrons. The van der Waals surface area contributed by atoms with E-state index in [1.54, 1.807) is 12.1 Å². The molecule has 10 nitrogen and oxygen atoms in total. The van der Waals surface area contributed by atoms with Crippen LogP contribution in [0, 0.1) is 99.3 Å². The van der Waals surface area contributed by atoms with Crippen LogP contribution in [0.1, 0.15) is 122 Å². The molecule has 0 aromatic heterocycles. The van der Waals surface area contributed by atoms with Gasteiger partial charge >= 0.3 is 0 Å². The minimum Gasteiger partial charge on any atom is -0.490 e. The molecule has 0 bridgehead atoms. The number of aliphatic hydroxyl groups excluding tert-OH is 1. The molecule has 4 heterocycles. The molecule has 0 saturated heterocycles. The molecule has 8 aromatic carbocycles. The Labute approximate surface area is 639 Å². The lowest BCUT2D eigenvalue weighted by Gasteiger charge is -2.50. The van der Waals surface area contributed by atoms with Gasteiger partial charge in [-0.15, -0.1) is 0 Å². The van der Waals surface area contributed by atoms with E-state index in [4.69, 9.17) is 71.1 Å². The molecule has 12 atom stereocenters. The Bertz CT molecular complexity index is 4700. The van der Waals surface area contributed by atoms with Gasteiger partial charge in [0.25, 0.3) is 0 Å². The molecule has 0 amide bonds. The van der Waals surface area contributed by atoms with E-state index in [1.807, 2.05) is 84.9 Å². The van der Waals surface area contributed by atoms with Crippen LogP contribution < -0.4 is 29.4 Å². The molecule has 107 heavy (non-hydrogen) atoms. The second kappa shape index (κ2) is 32.4. The van der Waals surface area contributed by atoms with Gasteiger partial charge in [-0.2, -0.15) is 5.26 Å². The van der Waals surface area contributed by atoms with E-state index in [0.717, 1.165) is 72.0 Å². The Morgan fingerprint density at radius 3 is 1.03 bits per heavy atom. The van der Waals surface area contributed by atoms with Crippen molar-refractivity contribution in [1.82, 2.24) is 4.72 Å². The molecule has 4 N–H and O–H groups in total. The largest absolute Gasteiger partial charge is 0.490 e. The highest BCUT2D eigenvalue weighted by molar-refractivity contribution is 7.88. The number of nitrogens with zero attached hydrogens (tertiary/aromatic N) is 1. The summed E-state index contributed by atoms with van der Waals surface area (Å²) in [5.74, 6) is -3.25. The normalized spacial score (nSPS) is 27.0. The molecular weight excluding hydrogens is 1490 g/mol. The zero-order valence-electron chi connectivity index (χ0n) is 58.9. The van der Waals surface area contributed by atoms with Gasteiger partial charge < -0.3 is 29.8 Å². The van der Waals surface area contributed by atoms with Gasteiger partial charge in [0, 0.05) is 100 Å². The molecule has 0 spiro atoms. The zero-order valence-corrected chi connectivity index (χ0v) is 62.7. The third-order valence-electron chi connectivity index (χ3n) is 24.2. The van der Waals surface area contributed by atoms with E-state index in [-0.39, 0.29) is 77.5 Å². The first-order chi connectivity index (χ1) is 51.2. The number of benzene rings is 8. The lowest BCUT2D eigenvalue weighted by atomic mass is 9.57. The smallest absolute Gasteiger partial charge is 0.208 e. The maximum Gasteiger partial charge on any atom is 0.208 e. The highest BCUT2D eigenvalue weighted by Crippen LogP contribution is 2.59. The Hall–Kier alpha value is -7.12. The fourth-order valence-electron chi connectivity index (χ4n) is 18.9. The van der Waals surface area contributed by atoms with Gasteiger partial charge in [0.1, 0.15) is 23.3 Å². The van der Waals surface area contributed by atoms with Crippen LogP contribution in [0.25, 0.3) is 0 Å². The van der Waals surface area contributed by atoms with Crippen molar-refractivity contribution in [3.63, 3.8) is 0 Å². The van der Waals surface area contributed by atoms with Crippen molar-refractivity contribution in [3.05, 3.63) is 257 Å². The summed E-state index contributed by atoms with van der Waals surface area (Å²) in [6, 6.07) is 41.5. The van der Waals surface area contributed by atoms with Crippen LogP contribution in [0.3, 0.4) is 0 Å². The maximum atomic E-state index is 15.1. The van der Waals surface area contributed by atoms with Gasteiger partial charge in [0.05, 0.1) is 44.9 Å². The molecule has 4 fully saturated rings. The van der Waals surface area contributed by atoms with Crippen LogP contribution in [0.2, 0.25) is 20.1 Å². The predicted octanol–water partition coefficient (Wildman–Crippen LogP) is 19.4. The predicted molar refractivity (Wildman–Crippen MR) is 398 cm³/mol. The summed E-state index contributed by atoms with van der Waals surface area (Å²) in [5.41, 5.74) is 9.13. The summed E-state index contributed by atoms with van der Waals surface area (Å²) in [6.45, 7) is 2.22. The average molecular weight is 1570 g/mol. The summed E-state index contributed by atoms with van der Waals surface area (Å²) < 4.78 is 165. The van der Waals surface area contributed by atoms with Crippen molar-refractivity contribution in [3.8, 4) is 29.1 Å². The molecule has 4 aliphatic carbocycles. The van der Waals surface area contributed by atoms with Crippen LogP contribution in [0.5, 0.6) is 23.0 Å². The average Bonchev–Trinajstić information content (AvgIpc) is 0.748. The zero-order chi connectivity index (χ0) is 75.7. The SMILES string of the molecule is CS(=O)(=O)NC[C@@H]1CC[C@@]2(Cc3ccc(Cl)cc3)c3c(F)ccc(F)c3OC[C@H]2C1.N#C[C@@H]1CC[C@@]2(Cc3ccc(Cl)cc3)c3c(F)ccc(F)c3OC[C@H]2C1.NC[C@@H]1CC[C@@]2(Cc3ccc(Cl)cc3)c3c(F)ccc(F)c3OC[C@H]2C1.O[C@H]1CC[C@@]2(Cc3ccc(Cl)cc3)c3c(F)ccc(F)c3OC[C@H]2C1. The van der Waals surface area contributed by atoms with Crippen molar-refractivity contribution in [1.29, 1.82) is 5.26 Å². The Morgan fingerprint density at radius 2 is 0.710 bits per heavy atom. The quantitative estimate of drug-likeness (QED) is 0.101.